The van der Waals surface area contributed by atoms with Gasteiger partial charge >= 0.3 is 0 Å². The number of allylic oxidation sites excluding steroid dienone is 2. The maximum atomic E-state index is 5.16. The van der Waals surface area contributed by atoms with Crippen molar-refractivity contribution in [3.05, 3.63) is 41.5 Å². The summed E-state index contributed by atoms with van der Waals surface area (Å²) < 4.78 is 5.16. The van der Waals surface area contributed by atoms with Crippen LogP contribution in [-0.4, -0.2) is 7.11 Å². The molecule has 0 saturated carbocycles. The van der Waals surface area contributed by atoms with Gasteiger partial charge in [-0.25, -0.2) is 0 Å². The highest BCUT2D eigenvalue weighted by Crippen LogP contribution is 2.25. The van der Waals surface area contributed by atoms with Crippen LogP contribution in [0.2, 0.25) is 0 Å². The molecule has 2 rings (SSSR count). The smallest absolute Gasteiger partial charge is 0.118 e. The molecule has 0 aromatic heterocycles. The molecule has 1 aromatic carbocycles. The number of benzene rings is 1. The molecule has 1 aromatic rings. The molecule has 86 valence electrons. The zero-order valence-corrected chi connectivity index (χ0v) is 10.2. The van der Waals surface area contributed by atoms with Crippen molar-refractivity contribution in [2.24, 2.45) is 5.92 Å². The summed E-state index contributed by atoms with van der Waals surface area (Å²) >= 11 is 0. The molecule has 1 heteroatoms. The van der Waals surface area contributed by atoms with Crippen molar-refractivity contribution in [3.8, 4) is 5.75 Å². The largest absolute Gasteiger partial charge is 0.497 e. The number of rotatable bonds is 3. The average molecular weight is 216 g/mol. The van der Waals surface area contributed by atoms with E-state index in [-0.39, 0.29) is 0 Å². The first-order valence-corrected chi connectivity index (χ1v) is 6.09. The molecule has 0 saturated heterocycles. The Labute approximate surface area is 98.1 Å². The zero-order valence-electron chi connectivity index (χ0n) is 10.2. The van der Waals surface area contributed by atoms with Crippen LogP contribution in [0.4, 0.5) is 0 Å². The normalized spacial score (nSPS) is 20.4. The van der Waals surface area contributed by atoms with E-state index in [2.05, 4.69) is 25.1 Å². The molecule has 1 aliphatic rings. The lowest BCUT2D eigenvalue weighted by molar-refractivity contribution is 0.414. The van der Waals surface area contributed by atoms with Gasteiger partial charge in [0.1, 0.15) is 5.75 Å². The highest BCUT2D eigenvalue weighted by molar-refractivity contribution is 5.30. The third-order valence-corrected chi connectivity index (χ3v) is 3.36. The van der Waals surface area contributed by atoms with Crippen LogP contribution in [0.3, 0.4) is 0 Å². The van der Waals surface area contributed by atoms with E-state index in [0.717, 1.165) is 18.1 Å². The second kappa shape index (κ2) is 5.20. The van der Waals surface area contributed by atoms with Crippen molar-refractivity contribution in [2.45, 2.75) is 32.6 Å². The van der Waals surface area contributed by atoms with Crippen LogP contribution in [0.1, 0.15) is 31.7 Å². The molecule has 1 nitrogen and oxygen atoms in total. The fourth-order valence-corrected chi connectivity index (χ4v) is 2.19. The van der Waals surface area contributed by atoms with Gasteiger partial charge in [-0.15, -0.1) is 0 Å². The highest BCUT2D eigenvalue weighted by Gasteiger charge is 2.10. The standard InChI is InChI=1S/C15H20O/c1-12-3-5-13(6-4-12)11-14-7-9-15(16-2)10-8-14/h5,7-10,12H,3-4,6,11H2,1-2H3. The van der Waals surface area contributed by atoms with Crippen LogP contribution in [0, 0.1) is 5.92 Å². The van der Waals surface area contributed by atoms with Crippen LogP contribution in [-0.2, 0) is 6.42 Å². The number of hydrogen-bond donors (Lipinski definition) is 0. The Balaban J connectivity index is 1.98. The van der Waals surface area contributed by atoms with Crippen LogP contribution >= 0.6 is 0 Å². The van der Waals surface area contributed by atoms with E-state index in [1.54, 1.807) is 12.7 Å². The Hall–Kier alpha value is -1.24. The Morgan fingerprint density at radius 2 is 2.00 bits per heavy atom. The van der Waals surface area contributed by atoms with Gasteiger partial charge in [-0.1, -0.05) is 30.7 Å². The van der Waals surface area contributed by atoms with Crippen LogP contribution in [0.5, 0.6) is 5.75 Å². The van der Waals surface area contributed by atoms with Gasteiger partial charge in [-0.3, -0.25) is 0 Å². The van der Waals surface area contributed by atoms with Crippen molar-refractivity contribution < 1.29 is 4.74 Å². The molecular weight excluding hydrogens is 196 g/mol. The first-order valence-electron chi connectivity index (χ1n) is 6.09. The fraction of sp³-hybridized carbons (Fsp3) is 0.467. The summed E-state index contributed by atoms with van der Waals surface area (Å²) in [4.78, 5) is 0. The molecule has 1 aliphatic carbocycles. The van der Waals surface area contributed by atoms with E-state index in [1.165, 1.54) is 24.8 Å². The van der Waals surface area contributed by atoms with Gasteiger partial charge in [-0.05, 0) is 49.3 Å². The second-order valence-electron chi connectivity index (χ2n) is 4.77. The fourth-order valence-electron chi connectivity index (χ4n) is 2.19. The molecule has 0 heterocycles. The number of hydrogen-bond acceptors (Lipinski definition) is 1. The SMILES string of the molecule is COc1ccc(CC2=CCC(C)CC2)cc1. The summed E-state index contributed by atoms with van der Waals surface area (Å²) in [5.74, 6) is 1.81. The molecular formula is C15H20O. The lowest BCUT2D eigenvalue weighted by Gasteiger charge is -2.18. The minimum Gasteiger partial charge on any atom is -0.497 e. The third-order valence-electron chi connectivity index (χ3n) is 3.36. The lowest BCUT2D eigenvalue weighted by Crippen LogP contribution is -2.03. The van der Waals surface area contributed by atoms with Gasteiger partial charge in [0.15, 0.2) is 0 Å². The summed E-state index contributed by atoms with van der Waals surface area (Å²) in [5, 5.41) is 0. The van der Waals surface area contributed by atoms with Crippen molar-refractivity contribution in [3.63, 3.8) is 0 Å². The monoisotopic (exact) mass is 216 g/mol. The van der Waals surface area contributed by atoms with E-state index in [0.29, 0.717) is 0 Å². The van der Waals surface area contributed by atoms with Gasteiger partial charge in [0.2, 0.25) is 0 Å². The molecule has 0 radical (unpaired) electrons. The summed E-state index contributed by atoms with van der Waals surface area (Å²) in [6.45, 7) is 2.33. The maximum absolute atomic E-state index is 5.16. The Morgan fingerprint density at radius 1 is 1.25 bits per heavy atom. The van der Waals surface area contributed by atoms with Crippen LogP contribution in [0.15, 0.2) is 35.9 Å². The van der Waals surface area contributed by atoms with Crippen molar-refractivity contribution >= 4 is 0 Å². The van der Waals surface area contributed by atoms with Crippen LogP contribution < -0.4 is 4.74 Å². The summed E-state index contributed by atoms with van der Waals surface area (Å²) in [7, 11) is 1.71. The van der Waals surface area contributed by atoms with Crippen LogP contribution in [0.25, 0.3) is 0 Å². The van der Waals surface area contributed by atoms with Crippen molar-refractivity contribution in [2.75, 3.05) is 7.11 Å². The van der Waals surface area contributed by atoms with Crippen molar-refractivity contribution in [1.29, 1.82) is 0 Å². The summed E-state index contributed by atoms with van der Waals surface area (Å²) in [6.07, 6.45) is 7.41. The first-order chi connectivity index (χ1) is 7.78. The van der Waals surface area contributed by atoms with E-state index in [4.69, 9.17) is 4.74 Å². The van der Waals surface area contributed by atoms with Gasteiger partial charge in [0.25, 0.3) is 0 Å². The minimum atomic E-state index is 0.875. The Bertz CT molecular complexity index is 362. The van der Waals surface area contributed by atoms with Gasteiger partial charge < -0.3 is 4.74 Å². The molecule has 0 fully saturated rings. The van der Waals surface area contributed by atoms with Gasteiger partial charge in [0, 0.05) is 0 Å². The van der Waals surface area contributed by atoms with Gasteiger partial charge in [-0.2, -0.15) is 0 Å². The summed E-state index contributed by atoms with van der Waals surface area (Å²) in [6, 6.07) is 8.41. The molecule has 0 bridgehead atoms. The molecule has 1 atom stereocenters. The zero-order chi connectivity index (χ0) is 11.4. The average Bonchev–Trinajstić information content (AvgIpc) is 2.33. The topological polar surface area (TPSA) is 9.23 Å². The summed E-state index contributed by atoms with van der Waals surface area (Å²) in [5.41, 5.74) is 2.99. The molecule has 1 unspecified atom stereocenters. The van der Waals surface area contributed by atoms with E-state index >= 15 is 0 Å². The third kappa shape index (κ3) is 2.88. The molecule has 0 amide bonds. The number of methoxy groups -OCH3 is 1. The molecule has 0 spiro atoms. The van der Waals surface area contributed by atoms with E-state index < -0.39 is 0 Å². The highest BCUT2D eigenvalue weighted by atomic mass is 16.5. The second-order valence-corrected chi connectivity index (χ2v) is 4.77. The molecule has 0 N–H and O–H groups in total. The minimum absolute atomic E-state index is 0.875. The predicted octanol–water partition coefficient (Wildman–Crippen LogP) is 3.98. The first kappa shape index (κ1) is 11.3. The maximum Gasteiger partial charge on any atom is 0.118 e. The molecule has 0 aliphatic heterocycles. The lowest BCUT2D eigenvalue weighted by atomic mass is 9.88. The van der Waals surface area contributed by atoms with E-state index in [9.17, 15) is 0 Å². The predicted molar refractivity (Wildman–Crippen MR) is 67.8 cm³/mol. The number of ether oxygens (including phenoxy) is 1. The quantitative estimate of drug-likeness (QED) is 0.694. The van der Waals surface area contributed by atoms with Crippen molar-refractivity contribution in [1.82, 2.24) is 0 Å². The van der Waals surface area contributed by atoms with Gasteiger partial charge in [0.05, 0.1) is 7.11 Å². The van der Waals surface area contributed by atoms with E-state index in [1.807, 2.05) is 12.1 Å². The Morgan fingerprint density at radius 3 is 2.56 bits per heavy atom. The Kier molecular flexibility index (Phi) is 3.66. The molecule has 16 heavy (non-hydrogen) atoms.